The Morgan fingerprint density at radius 2 is 2.14 bits per heavy atom. The first kappa shape index (κ1) is 11.1. The van der Waals surface area contributed by atoms with Crippen LogP contribution >= 0.6 is 11.6 Å². The molecular formula is C11H14ClNO. The SMILES string of the molecule is CCC(C)C(=O)c1cc(N)cc(Cl)c1. The first-order chi connectivity index (χ1) is 6.54. The number of anilines is 1. The highest BCUT2D eigenvalue weighted by Crippen LogP contribution is 2.20. The van der Waals surface area contributed by atoms with Crippen LogP contribution in [0.25, 0.3) is 0 Å². The molecule has 0 aliphatic heterocycles. The van der Waals surface area contributed by atoms with Crippen molar-refractivity contribution in [3.05, 3.63) is 28.8 Å². The van der Waals surface area contributed by atoms with Crippen LogP contribution in [0.3, 0.4) is 0 Å². The van der Waals surface area contributed by atoms with E-state index in [0.29, 0.717) is 16.3 Å². The Balaban J connectivity index is 3.01. The van der Waals surface area contributed by atoms with E-state index in [-0.39, 0.29) is 11.7 Å². The lowest BCUT2D eigenvalue weighted by Crippen LogP contribution is -2.10. The monoisotopic (exact) mass is 211 g/mol. The van der Waals surface area contributed by atoms with Gasteiger partial charge in [0, 0.05) is 22.2 Å². The lowest BCUT2D eigenvalue weighted by atomic mass is 9.97. The van der Waals surface area contributed by atoms with Gasteiger partial charge in [-0.1, -0.05) is 25.4 Å². The van der Waals surface area contributed by atoms with Gasteiger partial charge in [-0.15, -0.1) is 0 Å². The lowest BCUT2D eigenvalue weighted by molar-refractivity contribution is 0.0927. The number of hydrogen-bond acceptors (Lipinski definition) is 2. The normalized spacial score (nSPS) is 12.5. The van der Waals surface area contributed by atoms with Crippen molar-refractivity contribution in [3.63, 3.8) is 0 Å². The van der Waals surface area contributed by atoms with Gasteiger partial charge in [0.2, 0.25) is 0 Å². The molecule has 2 N–H and O–H groups in total. The standard InChI is InChI=1S/C11H14ClNO/c1-3-7(2)11(14)8-4-9(12)6-10(13)5-8/h4-7H,3,13H2,1-2H3. The van der Waals surface area contributed by atoms with Gasteiger partial charge in [-0.25, -0.2) is 0 Å². The number of carbonyl (C=O) groups is 1. The zero-order valence-electron chi connectivity index (χ0n) is 8.38. The molecule has 0 amide bonds. The van der Waals surface area contributed by atoms with Gasteiger partial charge in [-0.2, -0.15) is 0 Å². The van der Waals surface area contributed by atoms with Crippen molar-refractivity contribution in [1.29, 1.82) is 0 Å². The molecule has 2 nitrogen and oxygen atoms in total. The fourth-order valence-corrected chi connectivity index (χ4v) is 1.47. The molecule has 1 unspecified atom stereocenters. The summed E-state index contributed by atoms with van der Waals surface area (Å²) in [6, 6.07) is 4.96. The summed E-state index contributed by atoms with van der Waals surface area (Å²) in [6.07, 6.45) is 0.825. The van der Waals surface area contributed by atoms with Crippen LogP contribution in [0, 0.1) is 5.92 Å². The van der Waals surface area contributed by atoms with E-state index >= 15 is 0 Å². The lowest BCUT2D eigenvalue weighted by Gasteiger charge is -2.08. The molecule has 0 aliphatic rings. The zero-order valence-corrected chi connectivity index (χ0v) is 9.14. The van der Waals surface area contributed by atoms with Crippen LogP contribution in [0.15, 0.2) is 18.2 Å². The Hall–Kier alpha value is -1.02. The summed E-state index contributed by atoms with van der Waals surface area (Å²) in [4.78, 5) is 11.8. The molecule has 0 saturated heterocycles. The summed E-state index contributed by atoms with van der Waals surface area (Å²) in [5.74, 6) is 0.120. The Kier molecular flexibility index (Phi) is 3.53. The third kappa shape index (κ3) is 2.48. The van der Waals surface area contributed by atoms with Gasteiger partial charge >= 0.3 is 0 Å². The fraction of sp³-hybridized carbons (Fsp3) is 0.364. The van der Waals surface area contributed by atoms with Crippen molar-refractivity contribution in [2.75, 3.05) is 5.73 Å². The van der Waals surface area contributed by atoms with Gasteiger partial charge in [-0.05, 0) is 24.6 Å². The molecule has 1 aromatic carbocycles. The molecule has 0 spiro atoms. The predicted octanol–water partition coefficient (Wildman–Crippen LogP) is 3.15. The van der Waals surface area contributed by atoms with E-state index in [1.165, 1.54) is 0 Å². The number of nitrogens with two attached hydrogens (primary N) is 1. The number of rotatable bonds is 3. The molecule has 0 saturated carbocycles. The fourth-order valence-electron chi connectivity index (χ4n) is 1.22. The van der Waals surface area contributed by atoms with Gasteiger partial charge in [0.1, 0.15) is 0 Å². The highest BCUT2D eigenvalue weighted by Gasteiger charge is 2.13. The van der Waals surface area contributed by atoms with E-state index in [1.54, 1.807) is 18.2 Å². The average Bonchev–Trinajstić information content (AvgIpc) is 2.14. The molecule has 0 heterocycles. The van der Waals surface area contributed by atoms with E-state index in [1.807, 2.05) is 13.8 Å². The third-order valence-electron chi connectivity index (χ3n) is 2.26. The van der Waals surface area contributed by atoms with Gasteiger partial charge in [0.05, 0.1) is 0 Å². The summed E-state index contributed by atoms with van der Waals surface area (Å²) < 4.78 is 0. The van der Waals surface area contributed by atoms with Crippen LogP contribution in [0.5, 0.6) is 0 Å². The number of benzene rings is 1. The van der Waals surface area contributed by atoms with Crippen LogP contribution in [0.4, 0.5) is 5.69 Å². The first-order valence-corrected chi connectivity index (χ1v) is 5.02. The number of carbonyl (C=O) groups excluding carboxylic acids is 1. The third-order valence-corrected chi connectivity index (χ3v) is 2.48. The Morgan fingerprint density at radius 3 is 2.64 bits per heavy atom. The Labute approximate surface area is 89.1 Å². The highest BCUT2D eigenvalue weighted by molar-refractivity contribution is 6.31. The number of Topliss-reactive ketones (excluding diaryl/α,β-unsaturated/α-hetero) is 1. The Bertz CT molecular complexity index is 329. The molecule has 0 bridgehead atoms. The minimum atomic E-state index is 0.0212. The Morgan fingerprint density at radius 1 is 1.50 bits per heavy atom. The topological polar surface area (TPSA) is 43.1 Å². The summed E-state index contributed by atoms with van der Waals surface area (Å²) in [7, 11) is 0. The molecule has 1 rings (SSSR count). The van der Waals surface area contributed by atoms with E-state index in [4.69, 9.17) is 17.3 Å². The minimum Gasteiger partial charge on any atom is -0.399 e. The van der Waals surface area contributed by atoms with Crippen LogP contribution in [0.1, 0.15) is 30.6 Å². The summed E-state index contributed by atoms with van der Waals surface area (Å²) in [5.41, 5.74) is 6.74. The van der Waals surface area contributed by atoms with Crippen LogP contribution < -0.4 is 5.73 Å². The molecule has 0 aliphatic carbocycles. The maximum absolute atomic E-state index is 11.8. The maximum atomic E-state index is 11.8. The smallest absolute Gasteiger partial charge is 0.165 e. The second-order valence-electron chi connectivity index (χ2n) is 3.45. The van der Waals surface area contributed by atoms with Crippen LogP contribution in [-0.4, -0.2) is 5.78 Å². The summed E-state index contributed by atoms with van der Waals surface area (Å²) in [5, 5.41) is 0.511. The molecule has 0 radical (unpaired) electrons. The van der Waals surface area contributed by atoms with E-state index in [0.717, 1.165) is 6.42 Å². The van der Waals surface area contributed by atoms with Crippen molar-refractivity contribution in [1.82, 2.24) is 0 Å². The predicted molar refractivity (Wildman–Crippen MR) is 59.6 cm³/mol. The largest absolute Gasteiger partial charge is 0.399 e. The second-order valence-corrected chi connectivity index (χ2v) is 3.88. The summed E-state index contributed by atoms with van der Waals surface area (Å²) in [6.45, 7) is 3.88. The number of ketones is 1. The second kappa shape index (κ2) is 4.47. The number of halogens is 1. The molecule has 1 aromatic rings. The van der Waals surface area contributed by atoms with Crippen molar-refractivity contribution in [3.8, 4) is 0 Å². The zero-order chi connectivity index (χ0) is 10.7. The number of nitrogen functional groups attached to an aromatic ring is 1. The number of hydrogen-bond donors (Lipinski definition) is 1. The van der Waals surface area contributed by atoms with Crippen molar-refractivity contribution < 1.29 is 4.79 Å². The quantitative estimate of drug-likeness (QED) is 0.617. The van der Waals surface area contributed by atoms with Crippen molar-refractivity contribution in [2.45, 2.75) is 20.3 Å². The highest BCUT2D eigenvalue weighted by atomic mass is 35.5. The van der Waals surface area contributed by atoms with Gasteiger partial charge in [0.15, 0.2) is 5.78 Å². The van der Waals surface area contributed by atoms with Gasteiger partial charge in [-0.3, -0.25) is 4.79 Å². The van der Waals surface area contributed by atoms with E-state index in [9.17, 15) is 4.79 Å². The average molecular weight is 212 g/mol. The van der Waals surface area contributed by atoms with E-state index in [2.05, 4.69) is 0 Å². The maximum Gasteiger partial charge on any atom is 0.165 e. The molecule has 1 atom stereocenters. The molecule has 0 aromatic heterocycles. The molecule has 0 fully saturated rings. The van der Waals surface area contributed by atoms with E-state index < -0.39 is 0 Å². The molecule has 14 heavy (non-hydrogen) atoms. The van der Waals surface area contributed by atoms with Crippen molar-refractivity contribution >= 4 is 23.1 Å². The molecule has 76 valence electrons. The first-order valence-electron chi connectivity index (χ1n) is 4.65. The minimum absolute atomic E-state index is 0.0212. The van der Waals surface area contributed by atoms with Crippen molar-refractivity contribution in [2.24, 2.45) is 5.92 Å². The van der Waals surface area contributed by atoms with Crippen LogP contribution in [0.2, 0.25) is 5.02 Å². The van der Waals surface area contributed by atoms with Crippen LogP contribution in [-0.2, 0) is 0 Å². The summed E-state index contributed by atoms with van der Waals surface area (Å²) >= 11 is 5.81. The molecule has 3 heteroatoms. The molecular weight excluding hydrogens is 198 g/mol. The van der Waals surface area contributed by atoms with Gasteiger partial charge in [0.25, 0.3) is 0 Å². The van der Waals surface area contributed by atoms with Gasteiger partial charge < -0.3 is 5.73 Å².